The van der Waals surface area contributed by atoms with Crippen molar-refractivity contribution >= 4 is 22.7 Å². The van der Waals surface area contributed by atoms with E-state index in [1.54, 1.807) is 0 Å². The molecular formula is C19H19NO4. The summed E-state index contributed by atoms with van der Waals surface area (Å²) in [4.78, 5) is 24.5. The van der Waals surface area contributed by atoms with Crippen molar-refractivity contribution in [1.82, 2.24) is 5.32 Å². The maximum atomic E-state index is 12.5. The zero-order valence-electron chi connectivity index (χ0n) is 13.5. The first-order chi connectivity index (χ1) is 11.6. The van der Waals surface area contributed by atoms with E-state index in [1.807, 2.05) is 30.3 Å². The first kappa shape index (κ1) is 15.1. The van der Waals surface area contributed by atoms with Crippen molar-refractivity contribution in [3.05, 3.63) is 48.0 Å². The number of rotatable bonds is 2. The molecule has 0 aromatic heterocycles. The monoisotopic (exact) mass is 325 g/mol. The summed E-state index contributed by atoms with van der Waals surface area (Å²) in [5, 5.41) is 5.57. The Labute approximate surface area is 139 Å². The molecule has 0 amide bonds. The molecule has 5 nitrogen and oxygen atoms in total. The van der Waals surface area contributed by atoms with Crippen molar-refractivity contribution in [3.8, 4) is 0 Å². The third kappa shape index (κ3) is 2.19. The fourth-order valence-electron chi connectivity index (χ4n) is 4.02. The maximum Gasteiger partial charge on any atom is 0.322 e. The lowest BCUT2D eigenvalue weighted by molar-refractivity contribution is -0.147. The Kier molecular flexibility index (Phi) is 3.53. The van der Waals surface area contributed by atoms with E-state index in [0.29, 0.717) is 19.4 Å². The van der Waals surface area contributed by atoms with E-state index < -0.39 is 11.5 Å². The van der Waals surface area contributed by atoms with Crippen LogP contribution in [0.25, 0.3) is 10.8 Å². The fraction of sp³-hybridized carbons (Fsp3) is 0.368. The molecule has 0 unspecified atom stereocenters. The van der Waals surface area contributed by atoms with Gasteiger partial charge in [-0.25, -0.2) is 0 Å². The standard InChI is InChI=1S/C19H19NO4/c1-23-17(21)15-11-19(8-9-24-18(19)22)16(20-15)14-7-6-12-4-2-3-5-13(12)10-14/h2-7,10,15-16,20H,8-9,11H2,1H3/t15-,16-,19+/m1/s1. The molecule has 124 valence electrons. The van der Waals surface area contributed by atoms with Gasteiger partial charge in [-0.2, -0.15) is 0 Å². The quantitative estimate of drug-likeness (QED) is 0.859. The topological polar surface area (TPSA) is 64.6 Å². The van der Waals surface area contributed by atoms with Gasteiger partial charge in [0.1, 0.15) is 6.04 Å². The highest BCUT2D eigenvalue weighted by molar-refractivity contribution is 5.86. The molecule has 1 N–H and O–H groups in total. The number of hydrogen-bond acceptors (Lipinski definition) is 5. The second-order valence-electron chi connectivity index (χ2n) is 6.53. The molecule has 2 heterocycles. The van der Waals surface area contributed by atoms with Crippen LogP contribution < -0.4 is 5.32 Å². The van der Waals surface area contributed by atoms with Crippen molar-refractivity contribution in [2.24, 2.45) is 5.41 Å². The molecule has 2 aromatic carbocycles. The lowest BCUT2D eigenvalue weighted by Crippen LogP contribution is -2.34. The molecule has 2 saturated heterocycles. The van der Waals surface area contributed by atoms with Gasteiger partial charge in [-0.1, -0.05) is 36.4 Å². The number of cyclic esters (lactones) is 1. The zero-order valence-corrected chi connectivity index (χ0v) is 13.5. The van der Waals surface area contributed by atoms with Gasteiger partial charge in [-0.15, -0.1) is 0 Å². The third-order valence-electron chi connectivity index (χ3n) is 5.27. The molecule has 0 radical (unpaired) electrons. The van der Waals surface area contributed by atoms with Gasteiger partial charge in [0.25, 0.3) is 0 Å². The number of methoxy groups -OCH3 is 1. The highest BCUT2D eigenvalue weighted by Gasteiger charge is 2.58. The summed E-state index contributed by atoms with van der Waals surface area (Å²) in [6, 6.07) is 13.5. The van der Waals surface area contributed by atoms with Crippen molar-refractivity contribution in [1.29, 1.82) is 0 Å². The second kappa shape index (κ2) is 5.60. The van der Waals surface area contributed by atoms with E-state index >= 15 is 0 Å². The average molecular weight is 325 g/mol. The molecule has 0 bridgehead atoms. The minimum absolute atomic E-state index is 0.223. The van der Waals surface area contributed by atoms with Crippen molar-refractivity contribution in [2.75, 3.05) is 13.7 Å². The van der Waals surface area contributed by atoms with E-state index in [9.17, 15) is 9.59 Å². The molecule has 2 aliphatic heterocycles. The molecule has 2 aromatic rings. The number of hydrogen-bond donors (Lipinski definition) is 1. The van der Waals surface area contributed by atoms with E-state index in [0.717, 1.165) is 16.3 Å². The Morgan fingerprint density at radius 1 is 1.25 bits per heavy atom. The third-order valence-corrected chi connectivity index (χ3v) is 5.27. The summed E-state index contributed by atoms with van der Waals surface area (Å²) >= 11 is 0. The zero-order chi connectivity index (χ0) is 16.7. The predicted octanol–water partition coefficient (Wildman–Crippen LogP) is 2.35. The van der Waals surface area contributed by atoms with Gasteiger partial charge in [0.05, 0.1) is 19.1 Å². The Morgan fingerprint density at radius 3 is 2.75 bits per heavy atom. The Hall–Kier alpha value is -2.40. The van der Waals surface area contributed by atoms with E-state index in [1.165, 1.54) is 7.11 Å². The number of esters is 2. The number of benzene rings is 2. The van der Waals surface area contributed by atoms with Crippen molar-refractivity contribution in [2.45, 2.75) is 24.9 Å². The summed E-state index contributed by atoms with van der Waals surface area (Å²) in [6.07, 6.45) is 1.03. The largest absolute Gasteiger partial charge is 0.468 e. The Bertz CT molecular complexity index is 818. The molecule has 1 spiro atoms. The minimum atomic E-state index is -0.693. The van der Waals surface area contributed by atoms with E-state index in [-0.39, 0.29) is 18.0 Å². The number of nitrogens with one attached hydrogen (secondary N) is 1. The van der Waals surface area contributed by atoms with Crippen LogP contribution in [0.1, 0.15) is 24.4 Å². The first-order valence-corrected chi connectivity index (χ1v) is 8.14. The van der Waals surface area contributed by atoms with Gasteiger partial charge in [-0.3, -0.25) is 14.9 Å². The van der Waals surface area contributed by atoms with Crippen LogP contribution in [-0.4, -0.2) is 31.7 Å². The van der Waals surface area contributed by atoms with Crippen LogP contribution >= 0.6 is 0 Å². The molecule has 3 atom stereocenters. The average Bonchev–Trinajstić information content (AvgIpc) is 3.18. The molecule has 24 heavy (non-hydrogen) atoms. The molecule has 5 heteroatoms. The van der Waals surface area contributed by atoms with Crippen LogP contribution in [0.15, 0.2) is 42.5 Å². The van der Waals surface area contributed by atoms with Gasteiger partial charge >= 0.3 is 11.9 Å². The number of carbonyl (C=O) groups excluding carboxylic acids is 2. The minimum Gasteiger partial charge on any atom is -0.468 e. The highest BCUT2D eigenvalue weighted by Crippen LogP contribution is 2.50. The van der Waals surface area contributed by atoms with Gasteiger partial charge in [0.2, 0.25) is 0 Å². The summed E-state index contributed by atoms with van der Waals surface area (Å²) in [6.45, 7) is 0.401. The van der Waals surface area contributed by atoms with E-state index in [2.05, 4.69) is 17.4 Å². The SMILES string of the molecule is COC(=O)[C@H]1C[C@@]2(CCOC2=O)[C@@H](c2ccc3ccccc3c2)N1. The fourth-order valence-corrected chi connectivity index (χ4v) is 4.02. The molecule has 4 rings (SSSR count). The van der Waals surface area contributed by atoms with Crippen molar-refractivity contribution < 1.29 is 19.1 Å². The van der Waals surface area contributed by atoms with Crippen LogP contribution in [-0.2, 0) is 19.1 Å². The molecule has 0 aliphatic carbocycles. The maximum absolute atomic E-state index is 12.5. The Balaban J connectivity index is 1.77. The smallest absolute Gasteiger partial charge is 0.322 e. The number of ether oxygens (including phenoxy) is 2. The summed E-state index contributed by atoms with van der Waals surface area (Å²) in [5.41, 5.74) is 0.306. The lowest BCUT2D eigenvalue weighted by atomic mass is 9.75. The van der Waals surface area contributed by atoms with Gasteiger partial charge in [-0.05, 0) is 35.2 Å². The van der Waals surface area contributed by atoms with Gasteiger partial charge in [0, 0.05) is 6.04 Å². The molecule has 2 fully saturated rings. The van der Waals surface area contributed by atoms with Crippen LogP contribution in [0.2, 0.25) is 0 Å². The van der Waals surface area contributed by atoms with Crippen molar-refractivity contribution in [3.63, 3.8) is 0 Å². The molecule has 0 saturated carbocycles. The van der Waals surface area contributed by atoms with Crippen LogP contribution in [0.5, 0.6) is 0 Å². The van der Waals surface area contributed by atoms with Crippen LogP contribution in [0, 0.1) is 5.41 Å². The van der Waals surface area contributed by atoms with Gasteiger partial charge < -0.3 is 9.47 Å². The van der Waals surface area contributed by atoms with Gasteiger partial charge in [0.15, 0.2) is 0 Å². The van der Waals surface area contributed by atoms with Crippen LogP contribution in [0.4, 0.5) is 0 Å². The second-order valence-corrected chi connectivity index (χ2v) is 6.53. The van der Waals surface area contributed by atoms with E-state index in [4.69, 9.17) is 9.47 Å². The summed E-state index contributed by atoms with van der Waals surface area (Å²) < 4.78 is 10.1. The summed E-state index contributed by atoms with van der Waals surface area (Å²) in [7, 11) is 1.37. The number of fused-ring (bicyclic) bond motifs is 1. The summed E-state index contributed by atoms with van der Waals surface area (Å²) in [5.74, 6) is -0.558. The molecular weight excluding hydrogens is 306 g/mol. The normalized spacial score (nSPS) is 29.1. The predicted molar refractivity (Wildman–Crippen MR) is 88.3 cm³/mol. The molecule has 2 aliphatic rings. The Morgan fingerprint density at radius 2 is 2.04 bits per heavy atom. The highest BCUT2D eigenvalue weighted by atomic mass is 16.5. The lowest BCUT2D eigenvalue weighted by Gasteiger charge is -2.26. The van der Waals surface area contributed by atoms with Crippen LogP contribution in [0.3, 0.4) is 0 Å². The first-order valence-electron chi connectivity index (χ1n) is 8.14. The number of carbonyl (C=O) groups is 2.